The topological polar surface area (TPSA) is 98.6 Å². The van der Waals surface area contributed by atoms with Gasteiger partial charge in [0.15, 0.2) is 0 Å². The summed E-state index contributed by atoms with van der Waals surface area (Å²) in [5.74, 6) is -0.893. The molecule has 0 radical (unpaired) electrons. The fraction of sp³-hybridized carbons (Fsp3) is 0.355. The lowest BCUT2D eigenvalue weighted by molar-refractivity contribution is 0.0589. The molecular weight excluding hydrogens is 528 g/mol. The van der Waals surface area contributed by atoms with Crippen LogP contribution in [0.2, 0.25) is 0 Å². The second-order valence-electron chi connectivity index (χ2n) is 10.5. The van der Waals surface area contributed by atoms with E-state index >= 15 is 0 Å². The molecule has 2 aromatic carbocycles. The number of ether oxygens (including phenoxy) is 1. The molecule has 0 bridgehead atoms. The van der Waals surface area contributed by atoms with Crippen LogP contribution in [0.1, 0.15) is 57.7 Å². The van der Waals surface area contributed by atoms with Crippen molar-refractivity contribution in [1.29, 1.82) is 5.26 Å². The molecule has 0 saturated carbocycles. The number of likely N-dealkylation sites (tertiary alicyclic amines) is 2. The summed E-state index contributed by atoms with van der Waals surface area (Å²) < 4.78 is 32.9. The van der Waals surface area contributed by atoms with Gasteiger partial charge in [0.25, 0.3) is 11.8 Å². The van der Waals surface area contributed by atoms with Crippen molar-refractivity contribution >= 4 is 11.8 Å². The van der Waals surface area contributed by atoms with Gasteiger partial charge in [0.05, 0.1) is 17.2 Å². The molecule has 2 amide bonds. The molecule has 212 valence electrons. The highest BCUT2D eigenvalue weighted by Crippen LogP contribution is 2.21. The third-order valence-electron chi connectivity index (χ3n) is 7.51. The Bertz CT molecular complexity index is 1390. The second-order valence-corrected chi connectivity index (χ2v) is 10.5. The second kappa shape index (κ2) is 12.9. The van der Waals surface area contributed by atoms with Gasteiger partial charge in [-0.1, -0.05) is 0 Å². The van der Waals surface area contributed by atoms with Crippen LogP contribution in [0.4, 0.5) is 8.78 Å². The number of aromatic nitrogens is 1. The van der Waals surface area contributed by atoms with Crippen molar-refractivity contribution in [2.75, 3.05) is 26.2 Å². The summed E-state index contributed by atoms with van der Waals surface area (Å²) in [6, 6.07) is 15.8. The molecule has 2 saturated heterocycles. The maximum Gasteiger partial charge on any atom is 0.272 e. The summed E-state index contributed by atoms with van der Waals surface area (Å²) in [7, 11) is 0. The van der Waals surface area contributed by atoms with Gasteiger partial charge in [-0.25, -0.2) is 8.78 Å². The fourth-order valence-electron chi connectivity index (χ4n) is 5.26. The van der Waals surface area contributed by atoms with Crippen molar-refractivity contribution in [2.45, 2.75) is 44.4 Å². The lowest BCUT2D eigenvalue weighted by atomic mass is 10.0. The third-order valence-corrected chi connectivity index (χ3v) is 7.51. The van der Waals surface area contributed by atoms with E-state index in [2.05, 4.69) is 21.3 Å². The predicted molar refractivity (Wildman–Crippen MR) is 147 cm³/mol. The Labute approximate surface area is 237 Å². The van der Waals surface area contributed by atoms with E-state index in [1.807, 2.05) is 0 Å². The highest BCUT2D eigenvalue weighted by Gasteiger charge is 2.26. The van der Waals surface area contributed by atoms with Gasteiger partial charge in [-0.3, -0.25) is 19.5 Å². The highest BCUT2D eigenvalue weighted by atomic mass is 19.1. The van der Waals surface area contributed by atoms with Crippen LogP contribution < -0.4 is 10.1 Å². The average molecular weight is 560 g/mol. The minimum Gasteiger partial charge on any atom is -0.490 e. The summed E-state index contributed by atoms with van der Waals surface area (Å²) in [5, 5.41) is 12.0. The molecule has 1 aromatic heterocycles. The molecule has 41 heavy (non-hydrogen) atoms. The quantitative estimate of drug-likeness (QED) is 0.463. The maximum absolute atomic E-state index is 13.5. The molecule has 0 unspecified atom stereocenters. The molecule has 2 aliphatic rings. The lowest BCUT2D eigenvalue weighted by Crippen LogP contribution is -2.44. The van der Waals surface area contributed by atoms with Gasteiger partial charge in [0, 0.05) is 63.9 Å². The molecule has 5 rings (SSSR count). The highest BCUT2D eigenvalue weighted by molar-refractivity contribution is 5.96. The van der Waals surface area contributed by atoms with Gasteiger partial charge >= 0.3 is 0 Å². The number of rotatable bonds is 7. The SMILES string of the molecule is N#Cc1ccc(OC2CCN(C(=O)c3ccc(C(=O)NC4CCN(Cc5cc(F)cc(F)c5)CC4)cn3)CC2)cc1. The molecule has 1 N–H and O–H groups in total. The predicted octanol–water partition coefficient (Wildman–Crippen LogP) is 4.31. The minimum atomic E-state index is -0.584. The fourth-order valence-corrected chi connectivity index (χ4v) is 5.26. The van der Waals surface area contributed by atoms with E-state index in [4.69, 9.17) is 10.00 Å². The first kappa shape index (κ1) is 28.2. The van der Waals surface area contributed by atoms with Crippen molar-refractivity contribution in [2.24, 2.45) is 0 Å². The Morgan fingerprint density at radius 2 is 1.63 bits per heavy atom. The Morgan fingerprint density at radius 1 is 0.951 bits per heavy atom. The molecule has 2 fully saturated rings. The number of halogens is 2. The van der Waals surface area contributed by atoms with Crippen LogP contribution in [0, 0.1) is 23.0 Å². The monoisotopic (exact) mass is 559 g/mol. The minimum absolute atomic E-state index is 0.0118. The number of hydrogen-bond donors (Lipinski definition) is 1. The summed E-state index contributed by atoms with van der Waals surface area (Å²) in [5.41, 5.74) is 1.84. The van der Waals surface area contributed by atoms with Crippen LogP contribution in [0.3, 0.4) is 0 Å². The molecule has 0 atom stereocenters. The van der Waals surface area contributed by atoms with Crippen LogP contribution in [-0.4, -0.2) is 64.9 Å². The van der Waals surface area contributed by atoms with Crippen molar-refractivity contribution in [1.82, 2.24) is 20.1 Å². The number of carbonyl (C=O) groups is 2. The summed E-state index contributed by atoms with van der Waals surface area (Å²) in [4.78, 5) is 33.9. The molecule has 10 heteroatoms. The molecule has 8 nitrogen and oxygen atoms in total. The van der Waals surface area contributed by atoms with E-state index in [1.165, 1.54) is 18.3 Å². The zero-order valence-corrected chi connectivity index (χ0v) is 22.6. The number of nitrogens with zero attached hydrogens (tertiary/aromatic N) is 4. The third kappa shape index (κ3) is 7.44. The molecule has 3 heterocycles. The van der Waals surface area contributed by atoms with E-state index < -0.39 is 11.6 Å². The number of hydrogen-bond acceptors (Lipinski definition) is 6. The van der Waals surface area contributed by atoms with Crippen molar-refractivity contribution in [3.8, 4) is 11.8 Å². The molecule has 2 aliphatic heterocycles. The number of nitrogens with one attached hydrogen (secondary N) is 1. The van der Waals surface area contributed by atoms with E-state index in [1.54, 1.807) is 41.3 Å². The van der Waals surface area contributed by atoms with E-state index in [-0.39, 0.29) is 29.7 Å². The van der Waals surface area contributed by atoms with E-state index in [0.29, 0.717) is 68.0 Å². The van der Waals surface area contributed by atoms with Gasteiger partial charge in [0.1, 0.15) is 29.2 Å². The molecule has 0 aliphatic carbocycles. The first-order chi connectivity index (χ1) is 19.9. The normalized spacial score (nSPS) is 16.7. The van der Waals surface area contributed by atoms with Gasteiger partial charge in [-0.15, -0.1) is 0 Å². The smallest absolute Gasteiger partial charge is 0.272 e. The van der Waals surface area contributed by atoms with E-state index in [9.17, 15) is 18.4 Å². The van der Waals surface area contributed by atoms with Crippen LogP contribution in [0.25, 0.3) is 0 Å². The standard InChI is InChI=1S/C31H31F2N5O3/c32-24-15-22(16-25(33)17-24)20-37-11-7-26(8-12-37)36-30(39)23-3-6-29(35-19-23)31(40)38-13-9-28(10-14-38)41-27-4-1-21(18-34)2-5-27/h1-6,15-17,19,26,28H,7-14,20H2,(H,36,39). The molecular formula is C31H31F2N5O3. The largest absolute Gasteiger partial charge is 0.490 e. The Morgan fingerprint density at radius 3 is 2.24 bits per heavy atom. The first-order valence-corrected chi connectivity index (χ1v) is 13.8. The van der Waals surface area contributed by atoms with Crippen LogP contribution >= 0.6 is 0 Å². The summed E-state index contributed by atoms with van der Waals surface area (Å²) >= 11 is 0. The number of benzene rings is 2. The van der Waals surface area contributed by atoms with Gasteiger partial charge < -0.3 is 15.0 Å². The van der Waals surface area contributed by atoms with Gasteiger partial charge in [0.2, 0.25) is 0 Å². The summed E-state index contributed by atoms with van der Waals surface area (Å²) in [6.07, 6.45) is 4.23. The first-order valence-electron chi connectivity index (χ1n) is 13.8. The summed E-state index contributed by atoms with van der Waals surface area (Å²) in [6.45, 7) is 2.93. The number of carbonyl (C=O) groups excluding carboxylic acids is 2. The number of piperidine rings is 2. The van der Waals surface area contributed by atoms with Gasteiger partial charge in [-0.2, -0.15) is 5.26 Å². The number of pyridine rings is 1. The number of nitriles is 1. The van der Waals surface area contributed by atoms with Crippen LogP contribution in [0.15, 0.2) is 60.8 Å². The molecule has 3 aromatic rings. The van der Waals surface area contributed by atoms with Crippen LogP contribution in [-0.2, 0) is 6.54 Å². The maximum atomic E-state index is 13.5. The van der Waals surface area contributed by atoms with Crippen molar-refractivity contribution in [3.63, 3.8) is 0 Å². The average Bonchev–Trinajstić information content (AvgIpc) is 2.98. The Kier molecular flexibility index (Phi) is 8.85. The van der Waals surface area contributed by atoms with Crippen molar-refractivity contribution < 1.29 is 23.1 Å². The van der Waals surface area contributed by atoms with Gasteiger partial charge in [-0.05, 0) is 66.9 Å². The Hall–Kier alpha value is -4.36. The zero-order chi connectivity index (χ0) is 28.8. The van der Waals surface area contributed by atoms with E-state index in [0.717, 1.165) is 18.9 Å². The Balaban J connectivity index is 1.06. The zero-order valence-electron chi connectivity index (χ0n) is 22.6. The lowest BCUT2D eigenvalue weighted by Gasteiger charge is -2.32. The molecule has 0 spiro atoms. The van der Waals surface area contributed by atoms with Crippen LogP contribution in [0.5, 0.6) is 5.75 Å². The van der Waals surface area contributed by atoms with Crippen molar-refractivity contribution in [3.05, 3.63) is 94.8 Å². The number of amides is 2.